The van der Waals surface area contributed by atoms with Crippen LogP contribution < -0.4 is 30.0 Å². The Labute approximate surface area is 370 Å². The zero-order valence-corrected chi connectivity index (χ0v) is 38.3. The number of fused-ring (bicyclic) bond motifs is 2. The van der Waals surface area contributed by atoms with Crippen molar-refractivity contribution in [2.45, 2.75) is 109 Å². The maximum absolute atomic E-state index is 14.3. The molecule has 338 valence electrons. The van der Waals surface area contributed by atoms with Crippen molar-refractivity contribution in [2.24, 2.45) is 5.41 Å². The molecule has 1 unspecified atom stereocenters. The highest BCUT2D eigenvalue weighted by molar-refractivity contribution is 6.78. The second kappa shape index (κ2) is 19.7. The number of hydrogen-bond donors (Lipinski definition) is 4. The summed E-state index contributed by atoms with van der Waals surface area (Å²) in [5.41, 5.74) is 2.82. The molecule has 1 saturated heterocycles. The number of methoxy groups -OCH3 is 1. The number of alkyl carbamates (subject to hydrolysis) is 1. The number of rotatable bonds is 17. The van der Waals surface area contributed by atoms with E-state index < -0.39 is 50.6 Å². The van der Waals surface area contributed by atoms with Gasteiger partial charge < -0.3 is 44.6 Å². The van der Waals surface area contributed by atoms with E-state index in [1.807, 2.05) is 30.3 Å². The number of benzene rings is 3. The van der Waals surface area contributed by atoms with E-state index in [1.54, 1.807) is 41.3 Å². The highest BCUT2D eigenvalue weighted by Crippen LogP contribution is 2.57. The molecule has 2 aliphatic heterocycles. The van der Waals surface area contributed by atoms with Gasteiger partial charge in [-0.3, -0.25) is 14.4 Å². The molecule has 15 nitrogen and oxygen atoms in total. The van der Waals surface area contributed by atoms with Crippen LogP contribution in [-0.2, 0) is 32.1 Å². The number of anilines is 2. The summed E-state index contributed by atoms with van der Waals surface area (Å²) >= 11 is 0. The Balaban J connectivity index is 1.15. The quantitative estimate of drug-likeness (QED) is 0.0793. The van der Waals surface area contributed by atoms with Gasteiger partial charge in [0.05, 0.1) is 30.9 Å². The molecule has 1 spiro atoms. The largest absolute Gasteiger partial charge is 0.540 e. The van der Waals surface area contributed by atoms with Gasteiger partial charge in [0.1, 0.15) is 25.0 Å². The fourth-order valence-corrected chi connectivity index (χ4v) is 14.5. The maximum Gasteiger partial charge on any atom is 0.416 e. The number of nitrogens with zero attached hydrogens (tertiary/aromatic N) is 2. The fourth-order valence-electron chi connectivity index (χ4n) is 9.28. The lowest BCUT2D eigenvalue weighted by Crippen LogP contribution is -2.51. The van der Waals surface area contributed by atoms with Crippen molar-refractivity contribution < 1.29 is 47.7 Å². The summed E-state index contributed by atoms with van der Waals surface area (Å²) in [6.45, 7) is 16.4. The monoisotopic (exact) mass is 883 g/mol. The van der Waals surface area contributed by atoms with Gasteiger partial charge in [0.15, 0.2) is 12.0 Å². The van der Waals surface area contributed by atoms with Crippen LogP contribution in [0.2, 0.25) is 16.6 Å². The summed E-state index contributed by atoms with van der Waals surface area (Å²) in [6, 6.07) is 17.4. The minimum absolute atomic E-state index is 0.0304. The lowest BCUT2D eigenvalue weighted by Gasteiger charge is -2.42. The van der Waals surface area contributed by atoms with E-state index >= 15 is 0 Å². The normalized spacial score (nSPS) is 18.0. The Kier molecular flexibility index (Phi) is 14.6. The van der Waals surface area contributed by atoms with Gasteiger partial charge in [-0.05, 0) is 70.6 Å². The highest BCUT2D eigenvalue weighted by Gasteiger charge is 2.58. The molecule has 16 heteroatoms. The zero-order chi connectivity index (χ0) is 45.6. The number of nitrogens with one attached hydrogen (secondary N) is 3. The maximum atomic E-state index is 14.3. The van der Waals surface area contributed by atoms with Crippen molar-refractivity contribution in [3.8, 4) is 11.5 Å². The van der Waals surface area contributed by atoms with E-state index in [-0.39, 0.29) is 65.4 Å². The first-order valence-electron chi connectivity index (χ1n) is 21.6. The molecule has 3 aromatic rings. The first kappa shape index (κ1) is 46.6. The molecule has 0 radical (unpaired) electrons. The standard InChI is InChI=1S/C47H61N5O10Si/c1-9-21-60-45(57)50-36(22-32-13-11-10-12-14-32)42(54)48-26-41(53)49-34-17-15-33(16-18-34)27-61-46(58)52-37-24-40(62-63(29(2)3,30(4)5)31(6)7)39(59-8)23-35(37)43(55)51-28-47(19-20-47)25-38(51)44(52)56/h9-18,23-24,29-31,36,38,44,56H,1,19-22,25-28H2,2-8H3,(H,48,54)(H,49,53)(H,50,57)/t36-,38-,44?/m0/s1. The smallest absolute Gasteiger partial charge is 0.416 e. The molecule has 0 bridgehead atoms. The molecular formula is C47H61N5O10Si. The van der Waals surface area contributed by atoms with Gasteiger partial charge in [-0.1, -0.05) is 96.7 Å². The number of aliphatic hydroxyl groups excluding tert-OH is 1. The van der Waals surface area contributed by atoms with Crippen LogP contribution in [0.5, 0.6) is 11.5 Å². The molecule has 5 amide bonds. The molecule has 2 fully saturated rings. The van der Waals surface area contributed by atoms with Gasteiger partial charge in [-0.2, -0.15) is 0 Å². The van der Waals surface area contributed by atoms with Gasteiger partial charge in [-0.25, -0.2) is 14.5 Å². The summed E-state index contributed by atoms with van der Waals surface area (Å²) in [6.07, 6.45) is 1.03. The SMILES string of the molecule is C=CCOC(=O)N[C@@H](Cc1ccccc1)C(=O)NCC(=O)Nc1ccc(COC(=O)N2c3cc(O[Si](C(C)C)(C(C)C)C(C)C)c(OC)cc3C(=O)N3CC4(CC4)C[C@H]3C2O)cc1. The van der Waals surface area contributed by atoms with E-state index in [2.05, 4.69) is 64.1 Å². The molecule has 6 rings (SSSR count). The van der Waals surface area contributed by atoms with E-state index in [0.717, 1.165) is 18.4 Å². The van der Waals surface area contributed by atoms with E-state index in [4.69, 9.17) is 18.6 Å². The molecule has 0 aromatic heterocycles. The van der Waals surface area contributed by atoms with Gasteiger partial charge in [0, 0.05) is 24.7 Å². The Morgan fingerprint density at radius 1 is 0.921 bits per heavy atom. The van der Waals surface area contributed by atoms with Crippen molar-refractivity contribution in [2.75, 3.05) is 37.0 Å². The Bertz CT molecular complexity index is 2140. The number of amides is 5. The van der Waals surface area contributed by atoms with Crippen molar-refractivity contribution in [1.29, 1.82) is 0 Å². The summed E-state index contributed by atoms with van der Waals surface area (Å²) in [4.78, 5) is 69.7. The molecule has 3 aliphatic rings. The average molecular weight is 884 g/mol. The van der Waals surface area contributed by atoms with E-state index in [9.17, 15) is 29.1 Å². The first-order valence-corrected chi connectivity index (χ1v) is 23.8. The topological polar surface area (TPSA) is 185 Å². The van der Waals surface area contributed by atoms with Gasteiger partial charge >= 0.3 is 12.2 Å². The molecule has 1 saturated carbocycles. The summed E-state index contributed by atoms with van der Waals surface area (Å²) in [5, 5.41) is 19.9. The summed E-state index contributed by atoms with van der Waals surface area (Å²) < 4.78 is 23.8. The van der Waals surface area contributed by atoms with Crippen LogP contribution in [0.3, 0.4) is 0 Å². The molecule has 3 atom stereocenters. The number of aliphatic hydroxyl groups is 1. The van der Waals surface area contributed by atoms with Crippen molar-refractivity contribution in [1.82, 2.24) is 15.5 Å². The summed E-state index contributed by atoms with van der Waals surface area (Å²) in [5.74, 6) is -0.592. The van der Waals surface area contributed by atoms with Gasteiger partial charge in [0.25, 0.3) is 14.2 Å². The number of carbonyl (C=O) groups excluding carboxylic acids is 5. The van der Waals surface area contributed by atoms with Gasteiger partial charge in [-0.15, -0.1) is 0 Å². The van der Waals surface area contributed by atoms with Crippen molar-refractivity contribution in [3.05, 3.63) is 96.1 Å². The lowest BCUT2D eigenvalue weighted by atomic mass is 10.0. The van der Waals surface area contributed by atoms with Crippen LogP contribution in [0.25, 0.3) is 0 Å². The van der Waals surface area contributed by atoms with Crippen LogP contribution in [0, 0.1) is 5.41 Å². The molecule has 2 heterocycles. The minimum atomic E-state index is -2.54. The average Bonchev–Trinajstić information content (AvgIpc) is 3.92. The highest BCUT2D eigenvalue weighted by atomic mass is 28.4. The second-order valence-corrected chi connectivity index (χ2v) is 23.1. The lowest BCUT2D eigenvalue weighted by molar-refractivity contribution is -0.125. The fraction of sp³-hybridized carbons (Fsp3) is 0.468. The molecule has 63 heavy (non-hydrogen) atoms. The van der Waals surface area contributed by atoms with Crippen LogP contribution >= 0.6 is 0 Å². The molecular weight excluding hydrogens is 823 g/mol. The second-order valence-electron chi connectivity index (χ2n) is 17.7. The molecule has 3 aromatic carbocycles. The van der Waals surface area contributed by atoms with Crippen molar-refractivity contribution in [3.63, 3.8) is 0 Å². The zero-order valence-electron chi connectivity index (χ0n) is 37.3. The Morgan fingerprint density at radius 3 is 2.19 bits per heavy atom. The number of ether oxygens (including phenoxy) is 3. The Morgan fingerprint density at radius 2 is 1.59 bits per heavy atom. The third-order valence-electron chi connectivity index (χ3n) is 12.6. The number of hydrogen-bond acceptors (Lipinski definition) is 10. The van der Waals surface area contributed by atoms with Crippen LogP contribution in [0.15, 0.2) is 79.4 Å². The van der Waals surface area contributed by atoms with Crippen LogP contribution in [0.1, 0.15) is 82.3 Å². The van der Waals surface area contributed by atoms with Crippen LogP contribution in [0.4, 0.5) is 21.0 Å². The van der Waals surface area contributed by atoms with Gasteiger partial charge in [0.2, 0.25) is 11.8 Å². The third-order valence-corrected chi connectivity index (χ3v) is 18.6. The predicted octanol–water partition coefficient (Wildman–Crippen LogP) is 7.30. The van der Waals surface area contributed by atoms with Crippen LogP contribution in [-0.4, -0.2) is 93.3 Å². The third kappa shape index (κ3) is 10.3. The molecule has 1 aliphatic carbocycles. The number of carbonyl (C=O) groups is 5. The summed E-state index contributed by atoms with van der Waals surface area (Å²) in [7, 11) is -1.01. The minimum Gasteiger partial charge on any atom is -0.540 e. The first-order chi connectivity index (χ1) is 30.0. The van der Waals surface area contributed by atoms with Crippen molar-refractivity contribution >= 4 is 49.6 Å². The molecule has 4 N–H and O–H groups in total. The van der Waals surface area contributed by atoms with E-state index in [1.165, 1.54) is 18.1 Å². The predicted molar refractivity (Wildman–Crippen MR) is 241 cm³/mol. The Hall–Kier alpha value is -5.87. The van der Waals surface area contributed by atoms with E-state index in [0.29, 0.717) is 35.7 Å².